The summed E-state index contributed by atoms with van der Waals surface area (Å²) in [5.74, 6) is 1.91. The molecular weight excluding hydrogens is 739 g/mol. The first-order chi connectivity index (χ1) is 29.2. The predicted molar refractivity (Wildman–Crippen MR) is 244 cm³/mol. The fourth-order valence-electron chi connectivity index (χ4n) is 7.84. The molecule has 0 aliphatic carbocycles. The van der Waals surface area contributed by atoms with Crippen molar-refractivity contribution in [1.82, 2.24) is 24.9 Å². The van der Waals surface area contributed by atoms with E-state index < -0.39 is 0 Å². The number of benzene rings is 7. The SMILES string of the molecule is c1ccc(-c2ccc(-c3nc(-c4ccccc4)nc(-c4ccc(-c5ccc(-c6cccc(-c7nc8cnccc8c8c7sc7ccccc78)c6)cc5)cc4)n3)cc2)cc1. The molecule has 4 heterocycles. The van der Waals surface area contributed by atoms with E-state index in [9.17, 15) is 0 Å². The Labute approximate surface area is 345 Å². The first kappa shape index (κ1) is 34.6. The molecule has 0 saturated heterocycles. The molecule has 0 spiro atoms. The van der Waals surface area contributed by atoms with Crippen LogP contribution in [0.2, 0.25) is 0 Å². The number of pyridine rings is 2. The molecule has 0 radical (unpaired) electrons. The summed E-state index contributed by atoms with van der Waals surface area (Å²) in [5, 5.41) is 3.64. The van der Waals surface area contributed by atoms with Gasteiger partial charge in [0.2, 0.25) is 0 Å². The molecule has 0 aliphatic heterocycles. The van der Waals surface area contributed by atoms with Crippen molar-refractivity contribution in [1.29, 1.82) is 0 Å². The van der Waals surface area contributed by atoms with Crippen molar-refractivity contribution in [3.63, 3.8) is 0 Å². The zero-order valence-corrected chi connectivity index (χ0v) is 32.5. The van der Waals surface area contributed by atoms with Crippen LogP contribution in [-0.2, 0) is 0 Å². The Morgan fingerprint density at radius 2 is 0.797 bits per heavy atom. The van der Waals surface area contributed by atoms with E-state index in [1.165, 1.54) is 25.7 Å². The third-order valence-corrected chi connectivity index (χ3v) is 12.0. The molecule has 276 valence electrons. The van der Waals surface area contributed by atoms with Crippen LogP contribution in [-0.4, -0.2) is 24.9 Å². The van der Waals surface area contributed by atoms with Crippen molar-refractivity contribution in [3.8, 4) is 78.8 Å². The molecule has 6 heteroatoms. The largest absolute Gasteiger partial charge is 0.262 e. The fraction of sp³-hybridized carbons (Fsp3) is 0. The van der Waals surface area contributed by atoms with E-state index in [1.54, 1.807) is 11.3 Å². The molecule has 7 aromatic carbocycles. The third kappa shape index (κ3) is 6.52. The van der Waals surface area contributed by atoms with Gasteiger partial charge in [0, 0.05) is 49.3 Å². The molecule has 0 amide bonds. The Morgan fingerprint density at radius 3 is 1.41 bits per heavy atom. The lowest BCUT2D eigenvalue weighted by atomic mass is 9.97. The van der Waals surface area contributed by atoms with Crippen LogP contribution in [0.15, 0.2) is 200 Å². The van der Waals surface area contributed by atoms with Crippen LogP contribution in [0.5, 0.6) is 0 Å². The van der Waals surface area contributed by atoms with Gasteiger partial charge in [0.25, 0.3) is 0 Å². The summed E-state index contributed by atoms with van der Waals surface area (Å²) >= 11 is 1.80. The van der Waals surface area contributed by atoms with Crippen LogP contribution in [0, 0.1) is 0 Å². The minimum absolute atomic E-state index is 0.632. The average molecular weight is 772 g/mol. The van der Waals surface area contributed by atoms with Crippen LogP contribution in [0.25, 0.3) is 110 Å². The zero-order chi connectivity index (χ0) is 39.1. The van der Waals surface area contributed by atoms with Gasteiger partial charge in [-0.2, -0.15) is 0 Å². The van der Waals surface area contributed by atoms with Crippen LogP contribution < -0.4 is 0 Å². The highest BCUT2D eigenvalue weighted by Crippen LogP contribution is 2.43. The average Bonchev–Trinajstić information content (AvgIpc) is 3.72. The van der Waals surface area contributed by atoms with E-state index in [-0.39, 0.29) is 0 Å². The number of hydrogen-bond acceptors (Lipinski definition) is 6. The maximum absolute atomic E-state index is 5.18. The molecule has 0 aliphatic rings. The second-order valence-electron chi connectivity index (χ2n) is 14.5. The monoisotopic (exact) mass is 771 g/mol. The Balaban J connectivity index is 0.896. The number of fused-ring (bicyclic) bond motifs is 5. The molecule has 59 heavy (non-hydrogen) atoms. The smallest absolute Gasteiger partial charge is 0.164 e. The minimum Gasteiger partial charge on any atom is -0.262 e. The highest BCUT2D eigenvalue weighted by molar-refractivity contribution is 7.26. The van der Waals surface area contributed by atoms with Gasteiger partial charge in [-0.25, -0.2) is 19.9 Å². The summed E-state index contributed by atoms with van der Waals surface area (Å²) in [6, 6.07) is 65.5. The number of aromatic nitrogens is 5. The third-order valence-electron chi connectivity index (χ3n) is 10.9. The molecule has 11 rings (SSSR count). The van der Waals surface area contributed by atoms with Gasteiger partial charge in [0.1, 0.15) is 0 Å². The van der Waals surface area contributed by atoms with E-state index in [0.717, 1.165) is 66.7 Å². The minimum atomic E-state index is 0.632. The summed E-state index contributed by atoms with van der Waals surface area (Å²) in [4.78, 5) is 24.5. The van der Waals surface area contributed by atoms with Crippen molar-refractivity contribution < 1.29 is 0 Å². The van der Waals surface area contributed by atoms with Gasteiger partial charge < -0.3 is 0 Å². The fourth-order valence-corrected chi connectivity index (χ4v) is 9.07. The number of hydrogen-bond donors (Lipinski definition) is 0. The number of thiophene rings is 1. The molecule has 5 nitrogen and oxygen atoms in total. The molecular formula is C53H33N5S. The second-order valence-corrected chi connectivity index (χ2v) is 15.6. The van der Waals surface area contributed by atoms with E-state index in [0.29, 0.717) is 17.5 Å². The van der Waals surface area contributed by atoms with Crippen molar-refractivity contribution >= 4 is 42.4 Å². The summed E-state index contributed by atoms with van der Waals surface area (Å²) in [6.45, 7) is 0. The molecule has 0 atom stereocenters. The van der Waals surface area contributed by atoms with Gasteiger partial charge in [-0.05, 0) is 51.6 Å². The standard InChI is InChI=1S/C53H33N5S/c1-3-10-34(11-4-1)35-22-26-40(27-23-35)52-56-51(39-12-5-2-6-13-39)57-53(58-52)41-28-24-37(25-29-41)36-18-20-38(21-19-36)42-14-9-15-43(32-42)49-50-48(44-30-31-54-33-46(44)55-49)45-16-7-8-17-47(45)59-50/h1-33H. The Bertz CT molecular complexity index is 3290. The maximum Gasteiger partial charge on any atom is 0.164 e. The summed E-state index contributed by atoms with van der Waals surface area (Å²) in [5.41, 5.74) is 12.6. The molecule has 4 aromatic heterocycles. The van der Waals surface area contributed by atoms with Crippen LogP contribution >= 0.6 is 11.3 Å². The van der Waals surface area contributed by atoms with Gasteiger partial charge in [-0.1, -0.05) is 170 Å². The Morgan fingerprint density at radius 1 is 0.339 bits per heavy atom. The van der Waals surface area contributed by atoms with E-state index in [2.05, 4.69) is 157 Å². The van der Waals surface area contributed by atoms with Gasteiger partial charge in [-0.15, -0.1) is 11.3 Å². The summed E-state index contributed by atoms with van der Waals surface area (Å²) < 4.78 is 2.46. The lowest BCUT2D eigenvalue weighted by Crippen LogP contribution is -2.00. The molecule has 0 N–H and O–H groups in total. The van der Waals surface area contributed by atoms with Crippen LogP contribution in [0.4, 0.5) is 0 Å². The molecule has 11 aromatic rings. The molecule has 0 bridgehead atoms. The van der Waals surface area contributed by atoms with Crippen molar-refractivity contribution in [2.24, 2.45) is 0 Å². The number of rotatable bonds is 7. The topological polar surface area (TPSA) is 64.5 Å². The maximum atomic E-state index is 5.18. The quantitative estimate of drug-likeness (QED) is 0.161. The summed E-state index contributed by atoms with van der Waals surface area (Å²) in [6.07, 6.45) is 3.73. The van der Waals surface area contributed by atoms with Crippen molar-refractivity contribution in [3.05, 3.63) is 200 Å². The molecule has 0 unspecified atom stereocenters. The summed E-state index contributed by atoms with van der Waals surface area (Å²) in [7, 11) is 0. The lowest BCUT2D eigenvalue weighted by molar-refractivity contribution is 1.07. The van der Waals surface area contributed by atoms with E-state index in [4.69, 9.17) is 19.9 Å². The van der Waals surface area contributed by atoms with Gasteiger partial charge in [-0.3, -0.25) is 4.98 Å². The second kappa shape index (κ2) is 14.7. The predicted octanol–water partition coefficient (Wildman–Crippen LogP) is 13.9. The van der Waals surface area contributed by atoms with E-state index >= 15 is 0 Å². The van der Waals surface area contributed by atoms with E-state index in [1.807, 2.05) is 48.8 Å². The highest BCUT2D eigenvalue weighted by Gasteiger charge is 2.17. The van der Waals surface area contributed by atoms with Gasteiger partial charge in [0.05, 0.1) is 22.1 Å². The van der Waals surface area contributed by atoms with Crippen molar-refractivity contribution in [2.45, 2.75) is 0 Å². The van der Waals surface area contributed by atoms with Gasteiger partial charge >= 0.3 is 0 Å². The van der Waals surface area contributed by atoms with Crippen LogP contribution in [0.1, 0.15) is 0 Å². The Hall–Kier alpha value is -7.67. The lowest BCUT2D eigenvalue weighted by Gasteiger charge is -2.10. The highest BCUT2D eigenvalue weighted by atomic mass is 32.1. The molecule has 0 fully saturated rings. The number of nitrogens with zero attached hydrogens (tertiary/aromatic N) is 5. The van der Waals surface area contributed by atoms with Gasteiger partial charge in [0.15, 0.2) is 17.5 Å². The van der Waals surface area contributed by atoms with Crippen LogP contribution in [0.3, 0.4) is 0 Å². The zero-order valence-electron chi connectivity index (χ0n) is 31.7. The first-order valence-electron chi connectivity index (χ1n) is 19.6. The normalized spacial score (nSPS) is 11.4. The first-order valence-corrected chi connectivity index (χ1v) is 20.4. The van der Waals surface area contributed by atoms with Crippen molar-refractivity contribution in [2.75, 3.05) is 0 Å². The Kier molecular flexibility index (Phi) is 8.60. The molecule has 0 saturated carbocycles.